The van der Waals surface area contributed by atoms with Gasteiger partial charge < -0.3 is 5.11 Å². The summed E-state index contributed by atoms with van der Waals surface area (Å²) in [5.41, 5.74) is -0.291. The molecule has 2 rings (SSSR count). The summed E-state index contributed by atoms with van der Waals surface area (Å²) in [6.45, 7) is 3.42. The highest BCUT2D eigenvalue weighted by molar-refractivity contribution is 5.73. The zero-order valence-electron chi connectivity index (χ0n) is 9.45. The van der Waals surface area contributed by atoms with Gasteiger partial charge in [-0.1, -0.05) is 0 Å². The maximum absolute atomic E-state index is 11.0. The lowest BCUT2D eigenvalue weighted by atomic mass is 9.94. The largest absolute Gasteiger partial charge is 0.481 e. The first-order valence-corrected chi connectivity index (χ1v) is 5.00. The topological polar surface area (TPSA) is 110 Å². The molecule has 0 aliphatic rings. The fraction of sp³-hybridized carbons (Fsp3) is 0.444. The van der Waals surface area contributed by atoms with Crippen molar-refractivity contribution >= 4 is 5.97 Å². The number of tetrazole rings is 1. The summed E-state index contributed by atoms with van der Waals surface area (Å²) < 4.78 is 1.45. The van der Waals surface area contributed by atoms with Crippen molar-refractivity contribution in [2.45, 2.75) is 20.4 Å². The van der Waals surface area contributed by atoms with Gasteiger partial charge >= 0.3 is 5.97 Å². The molecule has 0 fully saturated rings. The first-order valence-electron chi connectivity index (χ1n) is 5.00. The van der Waals surface area contributed by atoms with Crippen LogP contribution in [0.25, 0.3) is 11.5 Å². The molecule has 0 aromatic carbocycles. The van der Waals surface area contributed by atoms with E-state index >= 15 is 0 Å². The van der Waals surface area contributed by atoms with Gasteiger partial charge in [0.1, 0.15) is 5.69 Å². The SMILES string of the molecule is CC(C)(Cn1nnnc1-c1ccn[nH]1)C(=O)O. The van der Waals surface area contributed by atoms with Gasteiger partial charge in [0.25, 0.3) is 0 Å². The van der Waals surface area contributed by atoms with E-state index in [-0.39, 0.29) is 6.54 Å². The normalized spacial score (nSPS) is 11.6. The van der Waals surface area contributed by atoms with E-state index in [1.165, 1.54) is 4.68 Å². The fourth-order valence-corrected chi connectivity index (χ4v) is 1.33. The summed E-state index contributed by atoms with van der Waals surface area (Å²) in [7, 11) is 0. The smallest absolute Gasteiger partial charge is 0.310 e. The van der Waals surface area contributed by atoms with E-state index in [0.29, 0.717) is 11.5 Å². The standard InChI is InChI=1S/C9H12N6O2/c1-9(2,8(16)17)5-15-7(12-13-14-15)6-3-4-10-11-6/h3-4H,5H2,1-2H3,(H,10,11)(H,16,17). The molecule has 0 atom stereocenters. The molecule has 2 N–H and O–H groups in total. The van der Waals surface area contributed by atoms with Crippen molar-refractivity contribution < 1.29 is 9.90 Å². The van der Waals surface area contributed by atoms with Crippen molar-refractivity contribution in [2.75, 3.05) is 0 Å². The average molecular weight is 236 g/mol. The molecule has 2 heterocycles. The molecule has 0 amide bonds. The fourth-order valence-electron chi connectivity index (χ4n) is 1.33. The molecule has 2 aromatic rings. The molecule has 0 unspecified atom stereocenters. The van der Waals surface area contributed by atoms with Crippen LogP contribution in [-0.2, 0) is 11.3 Å². The second kappa shape index (κ2) is 3.96. The number of carbonyl (C=O) groups is 1. The van der Waals surface area contributed by atoms with Gasteiger partial charge in [0, 0.05) is 6.20 Å². The van der Waals surface area contributed by atoms with Gasteiger partial charge in [0.05, 0.1) is 12.0 Å². The van der Waals surface area contributed by atoms with E-state index in [2.05, 4.69) is 25.7 Å². The minimum atomic E-state index is -0.940. The van der Waals surface area contributed by atoms with Crippen molar-refractivity contribution in [1.29, 1.82) is 0 Å². The van der Waals surface area contributed by atoms with Crippen LogP contribution < -0.4 is 0 Å². The predicted molar refractivity (Wildman–Crippen MR) is 56.8 cm³/mol. The summed E-state index contributed by atoms with van der Waals surface area (Å²) >= 11 is 0. The molecule has 0 aliphatic carbocycles. The first-order chi connectivity index (χ1) is 8.00. The highest BCUT2D eigenvalue weighted by atomic mass is 16.4. The van der Waals surface area contributed by atoms with E-state index in [1.54, 1.807) is 26.1 Å². The summed E-state index contributed by atoms with van der Waals surface area (Å²) in [5, 5.41) is 26.8. The van der Waals surface area contributed by atoms with Gasteiger partial charge in [-0.3, -0.25) is 9.89 Å². The van der Waals surface area contributed by atoms with E-state index in [1.807, 2.05) is 0 Å². The Balaban J connectivity index is 2.30. The Hall–Kier alpha value is -2.25. The number of carboxylic acids is 1. The lowest BCUT2D eigenvalue weighted by molar-refractivity contribution is -0.147. The van der Waals surface area contributed by atoms with Crippen molar-refractivity contribution in [2.24, 2.45) is 5.41 Å². The number of aromatic amines is 1. The van der Waals surface area contributed by atoms with Crippen LogP contribution in [0.5, 0.6) is 0 Å². The van der Waals surface area contributed by atoms with Crippen LogP contribution in [0.2, 0.25) is 0 Å². The quantitative estimate of drug-likeness (QED) is 0.783. The molecule has 2 aromatic heterocycles. The van der Waals surface area contributed by atoms with E-state index in [9.17, 15) is 4.79 Å². The maximum atomic E-state index is 11.0. The van der Waals surface area contributed by atoms with Gasteiger partial charge in [0.2, 0.25) is 0 Å². The molecule has 0 saturated heterocycles. The Bertz CT molecular complexity index is 515. The molecule has 8 nitrogen and oxygen atoms in total. The number of carboxylic acid groups (broad SMARTS) is 1. The number of aliphatic carboxylic acids is 1. The van der Waals surface area contributed by atoms with Crippen LogP contribution in [0.1, 0.15) is 13.8 Å². The van der Waals surface area contributed by atoms with Crippen molar-refractivity contribution in [1.82, 2.24) is 30.4 Å². The minimum Gasteiger partial charge on any atom is -0.481 e. The monoisotopic (exact) mass is 236 g/mol. The molecule has 0 spiro atoms. The lowest BCUT2D eigenvalue weighted by Crippen LogP contribution is -2.30. The number of nitrogens with zero attached hydrogens (tertiary/aromatic N) is 5. The molecule has 8 heteroatoms. The number of nitrogens with one attached hydrogen (secondary N) is 1. The summed E-state index contributed by atoms with van der Waals surface area (Å²) in [6.07, 6.45) is 1.58. The number of hydrogen-bond acceptors (Lipinski definition) is 5. The van der Waals surface area contributed by atoms with E-state index < -0.39 is 11.4 Å². The van der Waals surface area contributed by atoms with Crippen LogP contribution in [0, 0.1) is 5.41 Å². The Kier molecular flexibility index (Phi) is 2.62. The Morgan fingerprint density at radius 3 is 2.94 bits per heavy atom. The predicted octanol–water partition coefficient (Wildman–Crippen LogP) is 0.174. The van der Waals surface area contributed by atoms with Crippen LogP contribution in [0.15, 0.2) is 12.3 Å². The number of aromatic nitrogens is 6. The van der Waals surface area contributed by atoms with Crippen molar-refractivity contribution in [3.63, 3.8) is 0 Å². The van der Waals surface area contributed by atoms with Crippen molar-refractivity contribution in [3.8, 4) is 11.5 Å². The third-order valence-electron chi connectivity index (χ3n) is 2.40. The van der Waals surface area contributed by atoms with Crippen LogP contribution in [0.4, 0.5) is 0 Å². The molecule has 0 aliphatic heterocycles. The molecule has 17 heavy (non-hydrogen) atoms. The molecule has 0 saturated carbocycles. The molecular weight excluding hydrogens is 224 g/mol. The second-order valence-corrected chi connectivity index (χ2v) is 4.32. The minimum absolute atomic E-state index is 0.184. The molecule has 90 valence electrons. The summed E-state index contributed by atoms with van der Waals surface area (Å²) in [6, 6.07) is 1.72. The first kappa shape index (κ1) is 11.2. The van der Waals surface area contributed by atoms with Crippen LogP contribution >= 0.6 is 0 Å². The Morgan fingerprint density at radius 2 is 2.35 bits per heavy atom. The highest BCUT2D eigenvalue weighted by Crippen LogP contribution is 2.20. The third kappa shape index (κ3) is 2.14. The molecule has 0 bridgehead atoms. The highest BCUT2D eigenvalue weighted by Gasteiger charge is 2.29. The Morgan fingerprint density at radius 1 is 1.59 bits per heavy atom. The lowest BCUT2D eigenvalue weighted by Gasteiger charge is -2.18. The summed E-state index contributed by atoms with van der Waals surface area (Å²) in [4.78, 5) is 11.0. The van der Waals surface area contributed by atoms with Gasteiger partial charge in [-0.2, -0.15) is 5.10 Å². The van der Waals surface area contributed by atoms with E-state index in [0.717, 1.165) is 0 Å². The van der Waals surface area contributed by atoms with Crippen molar-refractivity contribution in [3.05, 3.63) is 12.3 Å². The van der Waals surface area contributed by atoms with Crippen LogP contribution in [0.3, 0.4) is 0 Å². The number of hydrogen-bond donors (Lipinski definition) is 2. The van der Waals surface area contributed by atoms with Gasteiger partial charge in [-0.25, -0.2) is 4.68 Å². The number of H-pyrrole nitrogens is 1. The summed E-state index contributed by atoms with van der Waals surface area (Å²) in [5.74, 6) is -0.430. The number of rotatable bonds is 4. The third-order valence-corrected chi connectivity index (χ3v) is 2.40. The zero-order valence-corrected chi connectivity index (χ0v) is 9.45. The zero-order chi connectivity index (χ0) is 12.5. The average Bonchev–Trinajstić information content (AvgIpc) is 2.85. The maximum Gasteiger partial charge on any atom is 0.310 e. The molecular formula is C9H12N6O2. The van der Waals surface area contributed by atoms with Gasteiger partial charge in [0.15, 0.2) is 5.82 Å². The van der Waals surface area contributed by atoms with E-state index in [4.69, 9.17) is 5.11 Å². The van der Waals surface area contributed by atoms with Crippen LogP contribution in [-0.4, -0.2) is 41.5 Å². The molecule has 0 radical (unpaired) electrons. The van der Waals surface area contributed by atoms with Gasteiger partial charge in [-0.15, -0.1) is 5.10 Å². The van der Waals surface area contributed by atoms with Gasteiger partial charge in [-0.05, 0) is 30.3 Å². The Labute approximate surface area is 96.6 Å². The second-order valence-electron chi connectivity index (χ2n) is 4.32.